The topological polar surface area (TPSA) is 87.7 Å². The van der Waals surface area contributed by atoms with E-state index in [4.69, 9.17) is 4.74 Å². The number of ether oxygens (including phenoxy) is 1. The molecule has 7 nitrogen and oxygen atoms in total. The molecular formula is C26H29N3O4S. The molecule has 1 aliphatic heterocycles. The Balaban J connectivity index is 1.37. The average molecular weight is 480 g/mol. The zero-order valence-corrected chi connectivity index (χ0v) is 20.0. The van der Waals surface area contributed by atoms with Gasteiger partial charge in [0.1, 0.15) is 0 Å². The van der Waals surface area contributed by atoms with Crippen LogP contribution in [0.2, 0.25) is 0 Å². The number of benzene rings is 3. The van der Waals surface area contributed by atoms with E-state index >= 15 is 0 Å². The largest absolute Gasteiger partial charge is 0.379 e. The molecule has 3 aromatic rings. The van der Waals surface area contributed by atoms with E-state index in [1.165, 1.54) is 17.7 Å². The van der Waals surface area contributed by atoms with Crippen molar-refractivity contribution in [1.82, 2.24) is 4.90 Å². The Morgan fingerprint density at radius 2 is 1.62 bits per heavy atom. The molecule has 0 saturated carbocycles. The van der Waals surface area contributed by atoms with Gasteiger partial charge in [-0.15, -0.1) is 0 Å². The lowest BCUT2D eigenvalue weighted by Gasteiger charge is -2.26. The summed E-state index contributed by atoms with van der Waals surface area (Å²) in [6.07, 6.45) is 0.933. The molecule has 4 rings (SSSR count). The molecule has 0 unspecified atom stereocenters. The molecule has 34 heavy (non-hydrogen) atoms. The van der Waals surface area contributed by atoms with E-state index in [0.717, 1.165) is 44.8 Å². The van der Waals surface area contributed by atoms with Crippen LogP contribution in [0.3, 0.4) is 0 Å². The van der Waals surface area contributed by atoms with Gasteiger partial charge >= 0.3 is 0 Å². The summed E-state index contributed by atoms with van der Waals surface area (Å²) in [7, 11) is -3.82. The molecule has 2 N–H and O–H groups in total. The Morgan fingerprint density at radius 1 is 0.941 bits per heavy atom. The molecule has 1 fully saturated rings. The molecular weight excluding hydrogens is 450 g/mol. The summed E-state index contributed by atoms with van der Waals surface area (Å²) in [5.74, 6) is -0.367. The molecule has 178 valence electrons. The van der Waals surface area contributed by atoms with Gasteiger partial charge < -0.3 is 10.1 Å². The molecule has 1 aliphatic rings. The number of nitrogens with one attached hydrogen (secondary N) is 2. The van der Waals surface area contributed by atoms with E-state index in [1.807, 2.05) is 43.3 Å². The third kappa shape index (κ3) is 6.44. The number of carbonyl (C=O) groups excluding carboxylic acids is 1. The van der Waals surface area contributed by atoms with Gasteiger partial charge in [0.2, 0.25) is 0 Å². The van der Waals surface area contributed by atoms with E-state index in [1.54, 1.807) is 24.3 Å². The summed E-state index contributed by atoms with van der Waals surface area (Å²) in [5.41, 5.74) is 3.62. The fourth-order valence-electron chi connectivity index (χ4n) is 3.71. The number of morpholine rings is 1. The minimum Gasteiger partial charge on any atom is -0.379 e. The Hall–Kier alpha value is -3.20. The van der Waals surface area contributed by atoms with Gasteiger partial charge in [0, 0.05) is 36.6 Å². The number of amides is 1. The maximum Gasteiger partial charge on any atom is 0.261 e. The van der Waals surface area contributed by atoms with Crippen LogP contribution in [-0.4, -0.2) is 52.1 Å². The zero-order chi connectivity index (χ0) is 24.0. The fourth-order valence-corrected chi connectivity index (χ4v) is 4.81. The Labute approximate surface area is 200 Å². The summed E-state index contributed by atoms with van der Waals surface area (Å²) in [5, 5.41) is 2.84. The van der Waals surface area contributed by atoms with Crippen LogP contribution in [0.15, 0.2) is 77.7 Å². The van der Waals surface area contributed by atoms with Crippen LogP contribution in [0, 0.1) is 6.92 Å². The van der Waals surface area contributed by atoms with Gasteiger partial charge in [0.15, 0.2) is 0 Å². The first kappa shape index (κ1) is 23.9. The van der Waals surface area contributed by atoms with E-state index in [2.05, 4.69) is 14.9 Å². The Bertz CT molecular complexity index is 1220. The van der Waals surface area contributed by atoms with Gasteiger partial charge in [-0.2, -0.15) is 0 Å². The predicted molar refractivity (Wildman–Crippen MR) is 134 cm³/mol. The van der Waals surface area contributed by atoms with Crippen molar-refractivity contribution in [3.8, 4) is 0 Å². The quantitative estimate of drug-likeness (QED) is 0.511. The third-order valence-electron chi connectivity index (χ3n) is 5.74. The number of nitrogens with zero attached hydrogens (tertiary/aromatic N) is 1. The molecule has 3 aromatic carbocycles. The molecule has 1 amide bonds. The number of hydrogen-bond acceptors (Lipinski definition) is 5. The summed E-state index contributed by atoms with van der Waals surface area (Å²) >= 11 is 0. The zero-order valence-electron chi connectivity index (χ0n) is 19.2. The highest BCUT2D eigenvalue weighted by atomic mass is 32.2. The van der Waals surface area contributed by atoms with E-state index in [-0.39, 0.29) is 16.4 Å². The maximum absolute atomic E-state index is 12.8. The van der Waals surface area contributed by atoms with Crippen molar-refractivity contribution in [3.05, 3.63) is 89.5 Å². The van der Waals surface area contributed by atoms with Gasteiger partial charge in [0.05, 0.1) is 18.1 Å². The highest BCUT2D eigenvalue weighted by Gasteiger charge is 2.17. The second kappa shape index (κ2) is 10.8. The van der Waals surface area contributed by atoms with Crippen molar-refractivity contribution in [2.24, 2.45) is 0 Å². The number of carbonyl (C=O) groups is 1. The van der Waals surface area contributed by atoms with Crippen molar-refractivity contribution in [1.29, 1.82) is 0 Å². The van der Waals surface area contributed by atoms with Crippen LogP contribution in [0.4, 0.5) is 11.4 Å². The number of aryl methyl sites for hydroxylation is 1. The van der Waals surface area contributed by atoms with E-state index in [9.17, 15) is 13.2 Å². The van der Waals surface area contributed by atoms with Crippen molar-refractivity contribution in [3.63, 3.8) is 0 Å². The summed E-state index contributed by atoms with van der Waals surface area (Å²) in [4.78, 5) is 15.2. The smallest absolute Gasteiger partial charge is 0.261 e. The summed E-state index contributed by atoms with van der Waals surface area (Å²) in [6, 6.07) is 20.8. The molecule has 0 atom stereocenters. The van der Waals surface area contributed by atoms with Crippen LogP contribution < -0.4 is 10.0 Å². The molecule has 0 aromatic heterocycles. The van der Waals surface area contributed by atoms with Crippen LogP contribution in [-0.2, 0) is 21.2 Å². The predicted octanol–water partition coefficient (Wildman–Crippen LogP) is 3.92. The van der Waals surface area contributed by atoms with E-state index < -0.39 is 10.0 Å². The summed E-state index contributed by atoms with van der Waals surface area (Å²) < 4.78 is 33.5. The van der Waals surface area contributed by atoms with Crippen molar-refractivity contribution < 1.29 is 17.9 Å². The second-order valence-electron chi connectivity index (χ2n) is 8.35. The number of anilines is 2. The highest BCUT2D eigenvalue weighted by Crippen LogP contribution is 2.19. The van der Waals surface area contributed by atoms with E-state index in [0.29, 0.717) is 11.4 Å². The number of sulfonamides is 1. The van der Waals surface area contributed by atoms with Crippen LogP contribution >= 0.6 is 0 Å². The fraction of sp³-hybridized carbons (Fsp3) is 0.269. The van der Waals surface area contributed by atoms with Gasteiger partial charge in [0.25, 0.3) is 15.9 Å². The first-order valence-corrected chi connectivity index (χ1v) is 12.8. The Morgan fingerprint density at radius 3 is 2.32 bits per heavy atom. The number of hydrogen-bond donors (Lipinski definition) is 2. The molecule has 0 radical (unpaired) electrons. The first-order valence-electron chi connectivity index (χ1n) is 11.3. The molecule has 0 bridgehead atoms. The maximum atomic E-state index is 12.8. The van der Waals surface area contributed by atoms with Gasteiger partial charge in [-0.25, -0.2) is 8.42 Å². The minimum atomic E-state index is -3.82. The first-order chi connectivity index (χ1) is 16.4. The lowest BCUT2D eigenvalue weighted by Crippen LogP contribution is -2.37. The number of rotatable bonds is 8. The van der Waals surface area contributed by atoms with Crippen molar-refractivity contribution >= 4 is 27.3 Å². The van der Waals surface area contributed by atoms with Crippen LogP contribution in [0.5, 0.6) is 0 Å². The lowest BCUT2D eigenvalue weighted by molar-refractivity contribution is 0.0384. The average Bonchev–Trinajstić information content (AvgIpc) is 2.85. The van der Waals surface area contributed by atoms with Crippen LogP contribution in [0.1, 0.15) is 21.5 Å². The minimum absolute atomic E-state index is 0.0270. The highest BCUT2D eigenvalue weighted by molar-refractivity contribution is 7.92. The molecule has 0 aliphatic carbocycles. The Kier molecular flexibility index (Phi) is 7.62. The van der Waals surface area contributed by atoms with Crippen molar-refractivity contribution in [2.75, 3.05) is 42.9 Å². The van der Waals surface area contributed by atoms with Gasteiger partial charge in [-0.1, -0.05) is 35.9 Å². The SMILES string of the molecule is Cc1ccc(NS(=O)(=O)c2cccc(C(=O)Nc3ccc(CCN4CCOCC4)cc3)c2)cc1. The lowest BCUT2D eigenvalue weighted by atomic mass is 10.1. The molecule has 0 spiro atoms. The van der Waals surface area contributed by atoms with Crippen LogP contribution in [0.25, 0.3) is 0 Å². The molecule has 8 heteroatoms. The monoisotopic (exact) mass is 479 g/mol. The molecule has 1 heterocycles. The van der Waals surface area contributed by atoms with Gasteiger partial charge in [-0.05, 0) is 61.4 Å². The summed E-state index contributed by atoms with van der Waals surface area (Å²) in [6.45, 7) is 6.41. The van der Waals surface area contributed by atoms with Crippen molar-refractivity contribution in [2.45, 2.75) is 18.2 Å². The standard InChI is InChI=1S/C26H29N3O4S/c1-20-5-9-24(10-6-20)28-34(31,32)25-4-2-3-22(19-25)26(30)27-23-11-7-21(8-12-23)13-14-29-15-17-33-18-16-29/h2-12,19,28H,13-18H2,1H3,(H,27,30). The third-order valence-corrected chi connectivity index (χ3v) is 7.12. The van der Waals surface area contributed by atoms with Gasteiger partial charge in [-0.3, -0.25) is 14.4 Å². The normalized spacial score (nSPS) is 14.5. The second-order valence-corrected chi connectivity index (χ2v) is 10.0. The molecule has 1 saturated heterocycles.